The van der Waals surface area contributed by atoms with E-state index < -0.39 is 11.5 Å². The number of halogens is 1. The maximum absolute atomic E-state index is 13.9. The molecular weight excluding hydrogens is 656 g/mol. The highest BCUT2D eigenvalue weighted by Gasteiger charge is 2.31. The number of imidazole rings is 1. The maximum Gasteiger partial charge on any atom is 0.410 e. The Morgan fingerprint density at radius 1 is 1.02 bits per heavy atom. The standard InChI is InChI=1S/C32H45ClN10O6/c1-7-36-23(44)17-48-22-15-21-20(14-19(22)29(45)38-18-10-12-41(13-11-18)31(47)49-32(4,5)6)42(8-2)24(43(21)9-3)16-37-30(46)25-27(34)40-28(35)26(33)39-25/h14-15,18H,7-13,16-17H2,1-6H3,(H6-,34,35,36,37,38,40,44,45,46)/p+1. The van der Waals surface area contributed by atoms with E-state index in [4.69, 9.17) is 32.5 Å². The van der Waals surface area contributed by atoms with Crippen LogP contribution in [0.4, 0.5) is 16.4 Å². The number of fused-ring (bicyclic) bond motifs is 1. The lowest BCUT2D eigenvalue weighted by Crippen LogP contribution is -2.47. The minimum Gasteiger partial charge on any atom is -0.483 e. The molecular formula is C32H46ClN10O6+. The topological polar surface area (TPSA) is 213 Å². The average Bonchev–Trinajstić information content (AvgIpc) is 3.34. The number of nitrogens with one attached hydrogen (secondary N) is 3. The number of ether oxygens (including phenoxy) is 2. The molecule has 0 unspecified atom stereocenters. The van der Waals surface area contributed by atoms with E-state index >= 15 is 0 Å². The second-order valence-corrected chi connectivity index (χ2v) is 12.9. The lowest BCUT2D eigenvalue weighted by atomic mass is 10.0. The van der Waals surface area contributed by atoms with Crippen LogP contribution in [-0.2, 0) is 29.2 Å². The van der Waals surface area contributed by atoms with Gasteiger partial charge in [-0.3, -0.25) is 14.4 Å². The van der Waals surface area contributed by atoms with Gasteiger partial charge in [-0.2, -0.15) is 0 Å². The molecule has 16 nitrogen and oxygen atoms in total. The summed E-state index contributed by atoms with van der Waals surface area (Å²) in [5.74, 6) is -0.575. The summed E-state index contributed by atoms with van der Waals surface area (Å²) in [4.78, 5) is 61.3. The number of benzene rings is 1. The molecule has 1 saturated heterocycles. The quantitative estimate of drug-likeness (QED) is 0.184. The van der Waals surface area contributed by atoms with Crippen molar-refractivity contribution in [2.45, 2.75) is 85.7 Å². The summed E-state index contributed by atoms with van der Waals surface area (Å²) >= 11 is 5.98. The normalized spacial score (nSPS) is 13.7. The van der Waals surface area contributed by atoms with Crippen molar-refractivity contribution in [1.29, 1.82) is 0 Å². The van der Waals surface area contributed by atoms with Crippen LogP contribution in [0.2, 0.25) is 5.15 Å². The van der Waals surface area contributed by atoms with E-state index in [2.05, 4.69) is 25.9 Å². The lowest BCUT2D eigenvalue weighted by molar-refractivity contribution is -0.676. The first-order valence-electron chi connectivity index (χ1n) is 16.3. The van der Waals surface area contributed by atoms with Gasteiger partial charge < -0.3 is 41.8 Å². The first-order valence-corrected chi connectivity index (χ1v) is 16.7. The molecule has 0 spiro atoms. The summed E-state index contributed by atoms with van der Waals surface area (Å²) < 4.78 is 15.4. The molecule has 1 aliphatic heterocycles. The van der Waals surface area contributed by atoms with Crippen molar-refractivity contribution in [1.82, 2.24) is 35.4 Å². The van der Waals surface area contributed by atoms with Crippen LogP contribution in [0.5, 0.6) is 5.75 Å². The number of anilines is 2. The summed E-state index contributed by atoms with van der Waals surface area (Å²) in [5.41, 5.74) is 12.5. The van der Waals surface area contributed by atoms with Crippen LogP contribution in [-0.4, -0.2) is 81.1 Å². The molecule has 17 heteroatoms. The highest BCUT2D eigenvalue weighted by atomic mass is 35.5. The summed E-state index contributed by atoms with van der Waals surface area (Å²) in [5, 5.41) is 8.49. The Bertz CT molecular complexity index is 1730. The fraction of sp³-hybridized carbons (Fsp3) is 0.531. The molecule has 0 radical (unpaired) electrons. The Kier molecular flexibility index (Phi) is 11.7. The number of nitrogen functional groups attached to an aromatic ring is 2. The van der Waals surface area contributed by atoms with E-state index in [1.165, 1.54) is 0 Å². The van der Waals surface area contributed by atoms with Gasteiger partial charge in [-0.25, -0.2) is 23.9 Å². The summed E-state index contributed by atoms with van der Waals surface area (Å²) in [6.45, 7) is 13.3. The zero-order valence-corrected chi connectivity index (χ0v) is 29.6. The second-order valence-electron chi connectivity index (χ2n) is 12.5. The van der Waals surface area contributed by atoms with Crippen LogP contribution in [0, 0.1) is 0 Å². The Morgan fingerprint density at radius 2 is 1.71 bits per heavy atom. The monoisotopic (exact) mass is 701 g/mol. The van der Waals surface area contributed by atoms with Crippen molar-refractivity contribution in [3.63, 3.8) is 0 Å². The third kappa shape index (κ3) is 8.79. The highest BCUT2D eigenvalue weighted by molar-refractivity contribution is 6.31. The SMILES string of the molecule is CCNC(=O)COc1cc2c(cc1C(=O)NC1CCN(C(=O)OC(C)(C)C)CC1)[n+](CC)c(CNC(=O)c1nc(Cl)c(N)nc1N)n2CC. The third-order valence-electron chi connectivity index (χ3n) is 7.90. The number of likely N-dealkylation sites (tertiary alicyclic amines) is 1. The van der Waals surface area contributed by atoms with Crippen LogP contribution in [0.25, 0.3) is 11.0 Å². The Labute approximate surface area is 289 Å². The van der Waals surface area contributed by atoms with Crippen molar-refractivity contribution in [3.8, 4) is 5.75 Å². The van der Waals surface area contributed by atoms with Gasteiger partial charge in [-0.15, -0.1) is 0 Å². The Balaban J connectivity index is 1.63. The first kappa shape index (κ1) is 37.0. The van der Waals surface area contributed by atoms with Gasteiger partial charge in [0.05, 0.1) is 18.7 Å². The number of carbonyl (C=O) groups is 4. The molecule has 3 aromatic rings. The minimum atomic E-state index is -0.601. The van der Waals surface area contributed by atoms with Crippen LogP contribution in [0.1, 0.15) is 81.1 Å². The number of amides is 4. The van der Waals surface area contributed by atoms with Gasteiger partial charge in [-0.05, 0) is 54.4 Å². The van der Waals surface area contributed by atoms with E-state index in [0.29, 0.717) is 45.6 Å². The van der Waals surface area contributed by atoms with E-state index in [-0.39, 0.29) is 70.9 Å². The number of nitrogens with two attached hydrogens (primary N) is 2. The molecule has 4 rings (SSSR count). The molecule has 0 aliphatic carbocycles. The second kappa shape index (κ2) is 15.6. The number of aryl methyl sites for hydroxylation is 2. The van der Waals surface area contributed by atoms with Gasteiger partial charge in [-0.1, -0.05) is 11.6 Å². The molecule has 1 aliphatic rings. The molecule has 266 valence electrons. The minimum absolute atomic E-state index is 0.0746. The van der Waals surface area contributed by atoms with Crippen LogP contribution < -0.4 is 36.7 Å². The number of aromatic nitrogens is 4. The Morgan fingerprint density at radius 3 is 2.33 bits per heavy atom. The summed E-state index contributed by atoms with van der Waals surface area (Å²) in [7, 11) is 0. The number of nitrogens with zero attached hydrogens (tertiary/aromatic N) is 5. The summed E-state index contributed by atoms with van der Waals surface area (Å²) in [6.07, 6.45) is 0.706. The largest absolute Gasteiger partial charge is 0.483 e. The number of hydrogen-bond acceptors (Lipinski definition) is 10. The molecule has 2 aromatic heterocycles. The molecule has 4 amide bonds. The lowest BCUT2D eigenvalue weighted by Gasteiger charge is -2.33. The van der Waals surface area contributed by atoms with Gasteiger partial charge in [0.25, 0.3) is 23.5 Å². The van der Waals surface area contributed by atoms with Crippen molar-refractivity contribution in [2.75, 3.05) is 37.7 Å². The van der Waals surface area contributed by atoms with Crippen molar-refractivity contribution in [2.24, 2.45) is 0 Å². The molecule has 0 atom stereocenters. The predicted octanol–water partition coefficient (Wildman–Crippen LogP) is 2.15. The van der Waals surface area contributed by atoms with Crippen LogP contribution in [0.15, 0.2) is 12.1 Å². The van der Waals surface area contributed by atoms with Crippen molar-refractivity contribution >= 4 is 58.1 Å². The van der Waals surface area contributed by atoms with Gasteiger partial charge >= 0.3 is 6.09 Å². The summed E-state index contributed by atoms with van der Waals surface area (Å²) in [6, 6.07) is 3.27. The van der Waals surface area contributed by atoms with Gasteiger partial charge in [0.15, 0.2) is 40.1 Å². The molecule has 0 bridgehead atoms. The number of carbonyl (C=O) groups excluding carboxylic acids is 4. The maximum atomic E-state index is 13.9. The van der Waals surface area contributed by atoms with Crippen LogP contribution >= 0.6 is 11.6 Å². The number of piperidine rings is 1. The zero-order valence-electron chi connectivity index (χ0n) is 28.8. The number of likely N-dealkylation sites (N-methyl/N-ethyl adjacent to an activating group) is 1. The highest BCUT2D eigenvalue weighted by Crippen LogP contribution is 2.28. The van der Waals surface area contributed by atoms with E-state index in [1.807, 2.05) is 43.8 Å². The number of hydrogen-bond donors (Lipinski definition) is 5. The first-order chi connectivity index (χ1) is 23.2. The van der Waals surface area contributed by atoms with Gasteiger partial charge in [0, 0.05) is 37.8 Å². The average molecular weight is 702 g/mol. The molecule has 3 heterocycles. The van der Waals surface area contributed by atoms with Gasteiger partial charge in [0.1, 0.15) is 17.9 Å². The Hall–Kier alpha value is -4.86. The van der Waals surface area contributed by atoms with E-state index in [0.717, 1.165) is 16.9 Å². The molecule has 0 saturated carbocycles. The molecule has 1 aromatic carbocycles. The van der Waals surface area contributed by atoms with Crippen LogP contribution in [0.3, 0.4) is 0 Å². The fourth-order valence-corrected chi connectivity index (χ4v) is 5.77. The predicted molar refractivity (Wildman–Crippen MR) is 183 cm³/mol. The van der Waals surface area contributed by atoms with Crippen molar-refractivity contribution in [3.05, 3.63) is 34.4 Å². The smallest absolute Gasteiger partial charge is 0.410 e. The number of rotatable bonds is 11. The third-order valence-corrected chi connectivity index (χ3v) is 8.18. The molecule has 1 fully saturated rings. The molecule has 7 N–H and O–H groups in total. The van der Waals surface area contributed by atoms with Gasteiger partial charge in [0.2, 0.25) is 0 Å². The fourth-order valence-electron chi connectivity index (χ4n) is 5.65. The van der Waals surface area contributed by atoms with E-state index in [1.54, 1.807) is 24.0 Å². The van der Waals surface area contributed by atoms with E-state index in [9.17, 15) is 19.2 Å². The molecule has 49 heavy (non-hydrogen) atoms. The zero-order chi connectivity index (χ0) is 36.0. The van der Waals surface area contributed by atoms with Crippen molar-refractivity contribution < 1.29 is 33.2 Å².